The molecule has 1 rings (SSSR count). The minimum Gasteiger partial charge on any atom is -0.384 e. The normalized spacial score (nSPS) is 10.5. The maximum absolute atomic E-state index is 12.1. The highest BCUT2D eigenvalue weighted by Crippen LogP contribution is 2.12. The van der Waals surface area contributed by atoms with Gasteiger partial charge in [-0.3, -0.25) is 4.79 Å². The highest BCUT2D eigenvalue weighted by atomic mass is 16.2. The molecule has 2 N–H and O–H groups in total. The van der Waals surface area contributed by atoms with E-state index in [1.54, 1.807) is 6.07 Å². The number of nitrogens with one attached hydrogen (secondary N) is 1. The fraction of sp³-hybridized carbons (Fsp3) is 0.400. The van der Waals surface area contributed by atoms with E-state index < -0.39 is 0 Å². The van der Waals surface area contributed by atoms with Gasteiger partial charge in [-0.15, -0.1) is 0 Å². The summed E-state index contributed by atoms with van der Waals surface area (Å²) in [5.41, 5.74) is 1.99. The van der Waals surface area contributed by atoms with Crippen LogP contribution in [0.25, 0.3) is 0 Å². The molecule has 0 saturated carbocycles. The van der Waals surface area contributed by atoms with Gasteiger partial charge in [0, 0.05) is 16.7 Å². The highest BCUT2D eigenvalue weighted by molar-refractivity contribution is 5.96. The molecule has 3 heteroatoms. The molecule has 0 unspecified atom stereocenters. The molecule has 0 spiro atoms. The summed E-state index contributed by atoms with van der Waals surface area (Å²) in [6.07, 6.45) is 0. The van der Waals surface area contributed by atoms with Crippen molar-refractivity contribution in [2.45, 2.75) is 33.2 Å². The first-order valence-corrected chi connectivity index (χ1v) is 5.86. The minimum absolute atomic E-state index is 0.104. The van der Waals surface area contributed by atoms with Crippen LogP contribution < -0.4 is 5.32 Å². The van der Waals surface area contributed by atoms with Crippen molar-refractivity contribution >= 4 is 5.91 Å². The van der Waals surface area contributed by atoms with Crippen LogP contribution in [0.1, 0.15) is 42.3 Å². The smallest absolute Gasteiger partial charge is 0.251 e. The Morgan fingerprint density at radius 1 is 1.39 bits per heavy atom. The van der Waals surface area contributed by atoms with Crippen LogP contribution in [0.4, 0.5) is 0 Å². The van der Waals surface area contributed by atoms with Crippen molar-refractivity contribution in [1.82, 2.24) is 5.32 Å². The number of hydrogen-bond donors (Lipinski definition) is 2. The van der Waals surface area contributed by atoms with E-state index in [1.165, 1.54) is 0 Å². The summed E-state index contributed by atoms with van der Waals surface area (Å²) in [6, 6.07) is 5.45. The molecule has 0 aliphatic carbocycles. The molecule has 0 aliphatic rings. The molecule has 0 aromatic heterocycles. The lowest BCUT2D eigenvalue weighted by molar-refractivity contribution is 0.0919. The zero-order valence-electron chi connectivity index (χ0n) is 11.3. The Balaban J connectivity index is 3.04. The molecule has 0 heterocycles. The molecule has 96 valence electrons. The first-order valence-electron chi connectivity index (χ1n) is 5.86. The Kier molecular flexibility index (Phi) is 4.52. The summed E-state index contributed by atoms with van der Waals surface area (Å²) >= 11 is 0. The Morgan fingerprint density at radius 3 is 2.61 bits per heavy atom. The molecule has 1 aromatic rings. The Labute approximate surface area is 108 Å². The van der Waals surface area contributed by atoms with Gasteiger partial charge in [-0.2, -0.15) is 0 Å². The maximum atomic E-state index is 12.1. The van der Waals surface area contributed by atoms with Gasteiger partial charge in [0.2, 0.25) is 0 Å². The first-order chi connectivity index (χ1) is 8.33. The lowest BCUT2D eigenvalue weighted by Crippen LogP contribution is -2.40. The molecule has 0 radical (unpaired) electrons. The van der Waals surface area contributed by atoms with Crippen molar-refractivity contribution in [3.05, 3.63) is 34.9 Å². The van der Waals surface area contributed by atoms with Gasteiger partial charge in [0.05, 0.1) is 0 Å². The molecule has 0 aliphatic heterocycles. The second-order valence-electron chi connectivity index (χ2n) is 5.19. The van der Waals surface area contributed by atoms with Crippen LogP contribution in [0, 0.1) is 18.8 Å². The van der Waals surface area contributed by atoms with E-state index in [9.17, 15) is 4.79 Å². The van der Waals surface area contributed by atoms with Crippen molar-refractivity contribution in [2.24, 2.45) is 0 Å². The molecule has 0 atom stereocenters. The van der Waals surface area contributed by atoms with Crippen LogP contribution in [0.15, 0.2) is 18.2 Å². The summed E-state index contributed by atoms with van der Waals surface area (Å²) in [5, 5.41) is 11.6. The monoisotopic (exact) mass is 245 g/mol. The number of benzene rings is 1. The molecular formula is C15H19NO2. The fourth-order valence-corrected chi connectivity index (χ4v) is 1.49. The summed E-state index contributed by atoms with van der Waals surface area (Å²) in [7, 11) is 0. The Morgan fingerprint density at radius 2 is 2.06 bits per heavy atom. The molecule has 0 bridgehead atoms. The zero-order valence-corrected chi connectivity index (χ0v) is 11.3. The quantitative estimate of drug-likeness (QED) is 0.742. The van der Waals surface area contributed by atoms with Gasteiger partial charge in [0.25, 0.3) is 5.91 Å². The number of aliphatic hydroxyl groups is 1. The lowest BCUT2D eigenvalue weighted by atomic mass is 10.0. The predicted molar refractivity (Wildman–Crippen MR) is 72.4 cm³/mol. The minimum atomic E-state index is -0.268. The van der Waals surface area contributed by atoms with Gasteiger partial charge in [0.1, 0.15) is 6.61 Å². The molecular weight excluding hydrogens is 226 g/mol. The highest BCUT2D eigenvalue weighted by Gasteiger charge is 2.16. The Hall–Kier alpha value is -1.79. The molecule has 0 fully saturated rings. The first kappa shape index (κ1) is 14.3. The van der Waals surface area contributed by atoms with Crippen LogP contribution in [-0.4, -0.2) is 23.2 Å². The SMILES string of the molecule is Cc1ccc(C#CCO)cc1C(=O)NC(C)(C)C. The third kappa shape index (κ3) is 4.23. The van der Waals surface area contributed by atoms with Gasteiger partial charge in [-0.25, -0.2) is 0 Å². The summed E-state index contributed by atoms with van der Waals surface area (Å²) in [5.74, 6) is 5.27. The second kappa shape index (κ2) is 5.70. The van der Waals surface area contributed by atoms with E-state index in [-0.39, 0.29) is 18.1 Å². The van der Waals surface area contributed by atoms with Crippen LogP contribution in [0.5, 0.6) is 0 Å². The molecule has 0 saturated heterocycles. The van der Waals surface area contributed by atoms with Gasteiger partial charge in [0.15, 0.2) is 0 Å². The van der Waals surface area contributed by atoms with E-state index in [2.05, 4.69) is 17.2 Å². The van der Waals surface area contributed by atoms with E-state index in [0.29, 0.717) is 5.56 Å². The van der Waals surface area contributed by atoms with Crippen molar-refractivity contribution in [1.29, 1.82) is 0 Å². The number of carbonyl (C=O) groups excluding carboxylic acids is 1. The van der Waals surface area contributed by atoms with Gasteiger partial charge < -0.3 is 10.4 Å². The standard InChI is InChI=1S/C15H19NO2/c1-11-7-8-12(6-5-9-17)10-13(11)14(18)16-15(2,3)4/h7-8,10,17H,9H2,1-4H3,(H,16,18). The number of carbonyl (C=O) groups is 1. The average molecular weight is 245 g/mol. The third-order valence-electron chi connectivity index (χ3n) is 2.28. The van der Waals surface area contributed by atoms with Crippen LogP contribution in [0.3, 0.4) is 0 Å². The van der Waals surface area contributed by atoms with Crippen LogP contribution in [0.2, 0.25) is 0 Å². The second-order valence-corrected chi connectivity index (χ2v) is 5.19. The molecule has 18 heavy (non-hydrogen) atoms. The van der Waals surface area contributed by atoms with Crippen molar-refractivity contribution in [3.63, 3.8) is 0 Å². The summed E-state index contributed by atoms with van der Waals surface area (Å²) in [6.45, 7) is 7.53. The van der Waals surface area contributed by atoms with E-state index >= 15 is 0 Å². The molecule has 3 nitrogen and oxygen atoms in total. The summed E-state index contributed by atoms with van der Waals surface area (Å²) < 4.78 is 0. The molecule has 1 aromatic carbocycles. The average Bonchev–Trinajstić information content (AvgIpc) is 2.25. The summed E-state index contributed by atoms with van der Waals surface area (Å²) in [4.78, 5) is 12.1. The van der Waals surface area contributed by atoms with Gasteiger partial charge >= 0.3 is 0 Å². The van der Waals surface area contributed by atoms with E-state index in [1.807, 2.05) is 39.8 Å². The lowest BCUT2D eigenvalue weighted by Gasteiger charge is -2.21. The Bertz CT molecular complexity index is 501. The number of aliphatic hydroxyl groups excluding tert-OH is 1. The largest absolute Gasteiger partial charge is 0.384 e. The predicted octanol–water partition coefficient (Wildman–Crippen LogP) is 1.87. The fourth-order valence-electron chi connectivity index (χ4n) is 1.49. The number of rotatable bonds is 1. The van der Waals surface area contributed by atoms with Gasteiger partial charge in [-0.1, -0.05) is 17.9 Å². The topological polar surface area (TPSA) is 49.3 Å². The number of amides is 1. The van der Waals surface area contributed by atoms with Crippen molar-refractivity contribution < 1.29 is 9.90 Å². The van der Waals surface area contributed by atoms with E-state index in [0.717, 1.165) is 11.1 Å². The molecule has 1 amide bonds. The van der Waals surface area contributed by atoms with Crippen molar-refractivity contribution in [3.8, 4) is 11.8 Å². The number of hydrogen-bond acceptors (Lipinski definition) is 2. The maximum Gasteiger partial charge on any atom is 0.251 e. The van der Waals surface area contributed by atoms with Crippen molar-refractivity contribution in [2.75, 3.05) is 6.61 Å². The third-order valence-corrected chi connectivity index (χ3v) is 2.28. The zero-order chi connectivity index (χ0) is 13.8. The number of aryl methyl sites for hydroxylation is 1. The van der Waals surface area contributed by atoms with Gasteiger partial charge in [-0.05, 0) is 45.4 Å². The van der Waals surface area contributed by atoms with E-state index in [4.69, 9.17) is 5.11 Å². The van der Waals surface area contributed by atoms with Crippen LogP contribution >= 0.6 is 0 Å². The van der Waals surface area contributed by atoms with Crippen LogP contribution in [-0.2, 0) is 0 Å².